The second kappa shape index (κ2) is 8.71. The summed E-state index contributed by atoms with van der Waals surface area (Å²) in [6.07, 6.45) is 0.556. The van der Waals surface area contributed by atoms with Gasteiger partial charge in [0, 0.05) is 18.7 Å². The number of carbonyl (C=O) groups excluding carboxylic acids is 3. The summed E-state index contributed by atoms with van der Waals surface area (Å²) >= 11 is 5.67. The second-order valence-corrected chi connectivity index (χ2v) is 6.57. The van der Waals surface area contributed by atoms with Gasteiger partial charge in [-0.15, -0.1) is 0 Å². The Labute approximate surface area is 165 Å². The third kappa shape index (κ3) is 4.77. The number of hydrogen-bond donors (Lipinski definition) is 3. The lowest BCUT2D eigenvalue weighted by molar-refractivity contribution is -0.116. The van der Waals surface area contributed by atoms with Crippen molar-refractivity contribution in [3.05, 3.63) is 53.3 Å². The van der Waals surface area contributed by atoms with E-state index in [0.717, 1.165) is 0 Å². The van der Waals surface area contributed by atoms with Crippen molar-refractivity contribution >= 4 is 46.5 Å². The normalized spacial score (nSPS) is 12.8. The van der Waals surface area contributed by atoms with Crippen molar-refractivity contribution in [3.8, 4) is 0 Å². The highest BCUT2D eigenvalue weighted by atomic mass is 35.5. The molecule has 1 aliphatic heterocycles. The Morgan fingerprint density at radius 1 is 1.21 bits per heavy atom. The molecule has 2 aromatic carbocycles. The number of urea groups is 1. The Balaban J connectivity index is 1.46. The largest absolute Gasteiger partial charge is 0.338 e. The standard InChI is InChI=1S/C19H18ClFN4O3/c20-13-10-12(7-8-14(13)21)23-17(26)6-3-9-22-19(28)25-11-18(27)24-15-4-1-2-5-16(15)25/h1-2,4-5,7-8,10H,3,6,9,11H2,(H,22,28)(H,23,26)(H,24,27). The quantitative estimate of drug-likeness (QED) is 0.667. The summed E-state index contributed by atoms with van der Waals surface area (Å²) in [6, 6.07) is 10.5. The molecule has 28 heavy (non-hydrogen) atoms. The molecule has 9 heteroatoms. The molecule has 0 saturated heterocycles. The first-order valence-electron chi connectivity index (χ1n) is 8.63. The van der Waals surface area contributed by atoms with Gasteiger partial charge in [0.15, 0.2) is 0 Å². The van der Waals surface area contributed by atoms with E-state index in [0.29, 0.717) is 23.5 Å². The number of fused-ring (bicyclic) bond motifs is 1. The number of amides is 4. The minimum Gasteiger partial charge on any atom is -0.338 e. The first kappa shape index (κ1) is 19.6. The van der Waals surface area contributed by atoms with E-state index in [1.165, 1.54) is 23.1 Å². The van der Waals surface area contributed by atoms with Gasteiger partial charge in [0.1, 0.15) is 12.4 Å². The van der Waals surface area contributed by atoms with Crippen molar-refractivity contribution < 1.29 is 18.8 Å². The van der Waals surface area contributed by atoms with Crippen LogP contribution in [0.1, 0.15) is 12.8 Å². The van der Waals surface area contributed by atoms with Gasteiger partial charge < -0.3 is 16.0 Å². The minimum atomic E-state index is -0.560. The third-order valence-corrected chi connectivity index (χ3v) is 4.37. The summed E-state index contributed by atoms with van der Waals surface area (Å²) in [5.74, 6) is -1.11. The predicted octanol–water partition coefficient (Wildman–Crippen LogP) is 3.37. The molecule has 1 aliphatic rings. The highest BCUT2D eigenvalue weighted by Crippen LogP contribution is 2.28. The second-order valence-electron chi connectivity index (χ2n) is 6.16. The average Bonchev–Trinajstić information content (AvgIpc) is 2.67. The van der Waals surface area contributed by atoms with E-state index >= 15 is 0 Å². The van der Waals surface area contributed by atoms with Crippen LogP contribution in [0.25, 0.3) is 0 Å². The van der Waals surface area contributed by atoms with E-state index in [4.69, 9.17) is 11.6 Å². The highest BCUT2D eigenvalue weighted by Gasteiger charge is 2.26. The SMILES string of the molecule is O=C(CCCNC(=O)N1CC(=O)Nc2ccccc21)Nc1ccc(F)c(Cl)c1. The summed E-state index contributed by atoms with van der Waals surface area (Å²) in [6.45, 7) is 0.186. The van der Waals surface area contributed by atoms with Crippen LogP contribution in [0.2, 0.25) is 5.02 Å². The van der Waals surface area contributed by atoms with E-state index in [9.17, 15) is 18.8 Å². The van der Waals surface area contributed by atoms with Gasteiger partial charge in [0.25, 0.3) is 0 Å². The number of anilines is 3. The molecule has 0 fully saturated rings. The molecule has 2 aromatic rings. The molecule has 3 rings (SSSR count). The van der Waals surface area contributed by atoms with Crippen molar-refractivity contribution in [2.45, 2.75) is 12.8 Å². The van der Waals surface area contributed by atoms with Crippen LogP contribution in [-0.4, -0.2) is 30.9 Å². The van der Waals surface area contributed by atoms with Crippen molar-refractivity contribution in [2.75, 3.05) is 28.6 Å². The number of benzene rings is 2. The lowest BCUT2D eigenvalue weighted by atomic mass is 10.2. The molecule has 0 atom stereocenters. The fraction of sp³-hybridized carbons (Fsp3) is 0.211. The van der Waals surface area contributed by atoms with Crippen molar-refractivity contribution in [1.82, 2.24) is 5.32 Å². The Hall–Kier alpha value is -3.13. The number of nitrogens with zero attached hydrogens (tertiary/aromatic N) is 1. The molecule has 3 N–H and O–H groups in total. The molecule has 0 aliphatic carbocycles. The topological polar surface area (TPSA) is 90.5 Å². The van der Waals surface area contributed by atoms with Crippen LogP contribution in [0.15, 0.2) is 42.5 Å². The molecular formula is C19H18ClFN4O3. The average molecular weight is 405 g/mol. The van der Waals surface area contributed by atoms with E-state index in [-0.39, 0.29) is 36.3 Å². The van der Waals surface area contributed by atoms with Gasteiger partial charge in [-0.25, -0.2) is 9.18 Å². The maximum Gasteiger partial charge on any atom is 0.322 e. The van der Waals surface area contributed by atoms with Gasteiger partial charge in [0.2, 0.25) is 11.8 Å². The summed E-state index contributed by atoms with van der Waals surface area (Å²) in [4.78, 5) is 37.4. The fourth-order valence-corrected chi connectivity index (χ4v) is 2.93. The first-order valence-corrected chi connectivity index (χ1v) is 9.01. The number of para-hydroxylation sites is 2. The third-order valence-electron chi connectivity index (χ3n) is 4.08. The van der Waals surface area contributed by atoms with Crippen LogP contribution < -0.4 is 20.9 Å². The first-order chi connectivity index (χ1) is 13.4. The van der Waals surface area contributed by atoms with Gasteiger partial charge >= 0.3 is 6.03 Å². The lowest BCUT2D eigenvalue weighted by Crippen LogP contribution is -2.47. The zero-order valence-corrected chi connectivity index (χ0v) is 15.6. The molecule has 146 valence electrons. The van der Waals surface area contributed by atoms with Crippen molar-refractivity contribution in [1.29, 1.82) is 0 Å². The zero-order valence-electron chi connectivity index (χ0n) is 14.8. The van der Waals surface area contributed by atoms with Gasteiger partial charge in [0.05, 0.1) is 16.4 Å². The summed E-state index contributed by atoms with van der Waals surface area (Å²) < 4.78 is 13.1. The number of halogens is 2. The van der Waals surface area contributed by atoms with Gasteiger partial charge in [-0.2, -0.15) is 0 Å². The molecule has 0 radical (unpaired) electrons. The zero-order chi connectivity index (χ0) is 20.1. The van der Waals surface area contributed by atoms with Crippen molar-refractivity contribution in [2.24, 2.45) is 0 Å². The summed E-state index contributed by atoms with van der Waals surface area (Å²) in [5, 5.41) is 7.96. The molecule has 0 bridgehead atoms. The van der Waals surface area contributed by atoms with E-state index in [2.05, 4.69) is 16.0 Å². The van der Waals surface area contributed by atoms with Crippen LogP contribution in [-0.2, 0) is 9.59 Å². The maximum absolute atomic E-state index is 13.1. The van der Waals surface area contributed by atoms with Gasteiger partial charge in [-0.1, -0.05) is 23.7 Å². The molecule has 1 heterocycles. The highest BCUT2D eigenvalue weighted by molar-refractivity contribution is 6.31. The maximum atomic E-state index is 13.1. The minimum absolute atomic E-state index is 0.0732. The molecule has 4 amide bonds. The van der Waals surface area contributed by atoms with Crippen molar-refractivity contribution in [3.63, 3.8) is 0 Å². The molecule has 0 aromatic heterocycles. The number of nitrogens with one attached hydrogen (secondary N) is 3. The molecular weight excluding hydrogens is 387 g/mol. The summed E-state index contributed by atoms with van der Waals surface area (Å²) in [7, 11) is 0. The number of carbonyl (C=O) groups is 3. The smallest absolute Gasteiger partial charge is 0.322 e. The predicted molar refractivity (Wildman–Crippen MR) is 105 cm³/mol. The van der Waals surface area contributed by atoms with E-state index in [1.807, 2.05) is 0 Å². The molecule has 0 unspecified atom stereocenters. The van der Waals surface area contributed by atoms with Gasteiger partial charge in [-0.3, -0.25) is 14.5 Å². The number of hydrogen-bond acceptors (Lipinski definition) is 3. The Morgan fingerprint density at radius 3 is 2.79 bits per heavy atom. The Kier molecular flexibility index (Phi) is 6.10. The van der Waals surface area contributed by atoms with Gasteiger partial charge in [-0.05, 0) is 36.8 Å². The Morgan fingerprint density at radius 2 is 2.00 bits per heavy atom. The molecule has 7 nitrogen and oxygen atoms in total. The molecule has 0 saturated carbocycles. The monoisotopic (exact) mass is 404 g/mol. The van der Waals surface area contributed by atoms with Crippen LogP contribution in [0.4, 0.5) is 26.2 Å². The van der Waals surface area contributed by atoms with Crippen LogP contribution >= 0.6 is 11.6 Å². The fourth-order valence-electron chi connectivity index (χ4n) is 2.75. The Bertz CT molecular complexity index is 922. The van der Waals surface area contributed by atoms with E-state index in [1.54, 1.807) is 24.3 Å². The molecule has 0 spiro atoms. The van der Waals surface area contributed by atoms with Crippen LogP contribution in [0.5, 0.6) is 0 Å². The lowest BCUT2D eigenvalue weighted by Gasteiger charge is -2.29. The summed E-state index contributed by atoms with van der Waals surface area (Å²) in [5.41, 5.74) is 1.59. The van der Waals surface area contributed by atoms with Crippen LogP contribution in [0.3, 0.4) is 0 Å². The van der Waals surface area contributed by atoms with E-state index < -0.39 is 11.8 Å². The number of rotatable bonds is 5. The van der Waals surface area contributed by atoms with Crippen LogP contribution in [0, 0.1) is 5.82 Å².